The Labute approximate surface area is 218 Å². The fourth-order valence-corrected chi connectivity index (χ4v) is 6.16. The van der Waals surface area contributed by atoms with Crippen LogP contribution in [0.2, 0.25) is 0 Å². The van der Waals surface area contributed by atoms with Crippen molar-refractivity contribution in [2.75, 3.05) is 13.7 Å². The summed E-state index contributed by atoms with van der Waals surface area (Å²) in [7, 11) is -2.48. The van der Waals surface area contributed by atoms with E-state index in [9.17, 15) is 13.2 Å². The highest BCUT2D eigenvalue weighted by Gasteiger charge is 2.29. The summed E-state index contributed by atoms with van der Waals surface area (Å²) in [6.07, 6.45) is 3.25. The van der Waals surface area contributed by atoms with Crippen LogP contribution in [-0.4, -0.2) is 49.5 Å². The summed E-state index contributed by atoms with van der Waals surface area (Å²) in [6, 6.07) is 13.9. The van der Waals surface area contributed by atoms with Gasteiger partial charge in [0, 0.05) is 29.8 Å². The number of carbonyl (C=O) groups is 1. The van der Waals surface area contributed by atoms with E-state index in [1.807, 2.05) is 26.0 Å². The van der Waals surface area contributed by atoms with Crippen LogP contribution in [0.25, 0.3) is 11.1 Å². The van der Waals surface area contributed by atoms with Gasteiger partial charge in [0.2, 0.25) is 15.9 Å². The van der Waals surface area contributed by atoms with Crippen LogP contribution >= 0.6 is 0 Å². The predicted octanol–water partition coefficient (Wildman–Crippen LogP) is 3.54. The number of methoxy groups -OCH3 is 1. The maximum absolute atomic E-state index is 13.8. The molecule has 0 bridgehead atoms. The van der Waals surface area contributed by atoms with Gasteiger partial charge >= 0.3 is 0 Å². The summed E-state index contributed by atoms with van der Waals surface area (Å²) >= 11 is 0. The number of amides is 1. The number of aryl methyl sites for hydroxylation is 2. The maximum Gasteiger partial charge on any atom is 0.243 e. The van der Waals surface area contributed by atoms with Crippen LogP contribution in [0.3, 0.4) is 0 Å². The molecule has 0 radical (unpaired) electrons. The number of carbonyl (C=O) groups excluding carboxylic acids is 1. The molecule has 3 aromatic rings. The largest absolute Gasteiger partial charge is 0.496 e. The minimum absolute atomic E-state index is 0.00236. The number of rotatable bonds is 9. The molecule has 9 nitrogen and oxygen atoms in total. The number of para-hydroxylation sites is 1. The van der Waals surface area contributed by atoms with E-state index >= 15 is 0 Å². The topological polar surface area (TPSA) is 128 Å². The van der Waals surface area contributed by atoms with Crippen LogP contribution in [0.15, 0.2) is 57.9 Å². The Morgan fingerprint density at radius 3 is 2.41 bits per heavy atom. The molecular weight excluding hydrogens is 492 g/mol. The second-order valence-electron chi connectivity index (χ2n) is 9.49. The number of aromatic nitrogens is 1. The molecule has 0 atom stereocenters. The lowest BCUT2D eigenvalue weighted by molar-refractivity contribution is -0.122. The minimum Gasteiger partial charge on any atom is -0.496 e. The van der Waals surface area contributed by atoms with Crippen molar-refractivity contribution in [1.29, 1.82) is 0 Å². The second-order valence-corrected chi connectivity index (χ2v) is 11.4. The third-order valence-corrected chi connectivity index (χ3v) is 8.62. The first-order valence-electron chi connectivity index (χ1n) is 12.4. The normalized spacial score (nSPS) is 18.1. The average Bonchev–Trinajstić information content (AvgIpc) is 3.23. The van der Waals surface area contributed by atoms with Gasteiger partial charge in [0.05, 0.1) is 24.2 Å². The third-order valence-electron chi connectivity index (χ3n) is 6.81. The molecule has 2 aromatic carbocycles. The van der Waals surface area contributed by atoms with E-state index < -0.39 is 10.0 Å². The van der Waals surface area contributed by atoms with Crippen LogP contribution in [0, 0.1) is 13.8 Å². The molecule has 10 heteroatoms. The van der Waals surface area contributed by atoms with Gasteiger partial charge in [-0.15, -0.1) is 0 Å². The SMILES string of the molecule is COc1ccccc1CN(CC(=O)NC1CCC(N)CC1)S(=O)(=O)c1ccc(-c2c(C)noc2C)cc1. The van der Waals surface area contributed by atoms with Crippen molar-refractivity contribution in [2.45, 2.75) is 63.1 Å². The Morgan fingerprint density at radius 2 is 1.78 bits per heavy atom. The van der Waals surface area contributed by atoms with Crippen LogP contribution in [0.5, 0.6) is 5.75 Å². The molecule has 1 aliphatic rings. The van der Waals surface area contributed by atoms with E-state index in [0.717, 1.165) is 42.5 Å². The van der Waals surface area contributed by atoms with Gasteiger partial charge in [-0.3, -0.25) is 4.79 Å². The van der Waals surface area contributed by atoms with E-state index in [1.165, 1.54) is 11.4 Å². The van der Waals surface area contributed by atoms with Gasteiger partial charge in [-0.25, -0.2) is 8.42 Å². The standard InChI is InChI=1S/C27H34N4O5S/c1-18-27(19(2)36-30-18)20-8-14-24(15-9-20)37(33,34)31(16-21-6-4-5-7-25(21)35-3)17-26(32)29-23-12-10-22(28)11-13-23/h4-9,14-15,22-23H,10-13,16-17,28H2,1-3H3,(H,29,32). The number of nitrogens with two attached hydrogens (primary N) is 1. The summed E-state index contributed by atoms with van der Waals surface area (Å²) in [6.45, 7) is 3.33. The predicted molar refractivity (Wildman–Crippen MR) is 140 cm³/mol. The number of benzene rings is 2. The number of nitrogens with zero attached hydrogens (tertiary/aromatic N) is 2. The van der Waals surface area contributed by atoms with E-state index in [2.05, 4.69) is 10.5 Å². The van der Waals surface area contributed by atoms with Gasteiger partial charge < -0.3 is 20.3 Å². The van der Waals surface area contributed by atoms with E-state index in [-0.39, 0.29) is 36.0 Å². The van der Waals surface area contributed by atoms with Gasteiger partial charge in [0.25, 0.3) is 0 Å². The van der Waals surface area contributed by atoms with Gasteiger partial charge in [-0.05, 0) is 63.3 Å². The van der Waals surface area contributed by atoms with Crippen molar-refractivity contribution in [2.24, 2.45) is 5.73 Å². The highest BCUT2D eigenvalue weighted by Crippen LogP contribution is 2.29. The molecule has 0 aliphatic heterocycles. The molecule has 37 heavy (non-hydrogen) atoms. The zero-order valence-electron chi connectivity index (χ0n) is 21.4. The van der Waals surface area contributed by atoms with Gasteiger partial charge in [-0.2, -0.15) is 4.31 Å². The number of sulfonamides is 1. The molecule has 0 unspecified atom stereocenters. The molecule has 0 saturated heterocycles. The molecule has 1 aromatic heterocycles. The monoisotopic (exact) mass is 526 g/mol. The molecule has 4 rings (SSSR count). The zero-order valence-corrected chi connectivity index (χ0v) is 22.3. The lowest BCUT2D eigenvalue weighted by Gasteiger charge is -2.28. The number of ether oxygens (including phenoxy) is 1. The zero-order chi connectivity index (χ0) is 26.6. The molecule has 1 fully saturated rings. The van der Waals surface area contributed by atoms with Crippen molar-refractivity contribution in [1.82, 2.24) is 14.8 Å². The molecule has 1 saturated carbocycles. The molecular formula is C27H34N4O5S. The van der Waals surface area contributed by atoms with Crippen molar-refractivity contribution in [3.8, 4) is 16.9 Å². The molecule has 1 amide bonds. The lowest BCUT2D eigenvalue weighted by atomic mass is 9.92. The molecule has 3 N–H and O–H groups in total. The summed E-state index contributed by atoms with van der Waals surface area (Å²) < 4.78 is 39.5. The van der Waals surface area contributed by atoms with Crippen LogP contribution in [0.4, 0.5) is 0 Å². The molecule has 198 valence electrons. The van der Waals surface area contributed by atoms with Crippen LogP contribution in [0.1, 0.15) is 42.7 Å². The van der Waals surface area contributed by atoms with E-state index in [1.54, 1.807) is 36.4 Å². The highest BCUT2D eigenvalue weighted by molar-refractivity contribution is 7.89. The fourth-order valence-electron chi connectivity index (χ4n) is 4.78. The van der Waals surface area contributed by atoms with Crippen molar-refractivity contribution in [3.63, 3.8) is 0 Å². The Bertz CT molecular complexity index is 1310. The summed E-state index contributed by atoms with van der Waals surface area (Å²) in [5.41, 5.74) is 9.01. The Hall–Kier alpha value is -3.21. The quantitative estimate of drug-likeness (QED) is 0.436. The summed E-state index contributed by atoms with van der Waals surface area (Å²) in [5.74, 6) is 0.871. The van der Waals surface area contributed by atoms with Crippen molar-refractivity contribution >= 4 is 15.9 Å². The lowest BCUT2D eigenvalue weighted by Crippen LogP contribution is -2.46. The first-order chi connectivity index (χ1) is 17.7. The molecule has 0 spiro atoms. The smallest absolute Gasteiger partial charge is 0.243 e. The second kappa shape index (κ2) is 11.5. The van der Waals surface area contributed by atoms with E-state index in [4.69, 9.17) is 15.0 Å². The number of hydrogen-bond donors (Lipinski definition) is 2. The van der Waals surface area contributed by atoms with Gasteiger partial charge in [0.15, 0.2) is 0 Å². The average molecular weight is 527 g/mol. The number of hydrogen-bond acceptors (Lipinski definition) is 7. The molecule has 1 aliphatic carbocycles. The summed E-state index contributed by atoms with van der Waals surface area (Å²) in [5, 5.41) is 6.97. The third kappa shape index (κ3) is 6.20. The summed E-state index contributed by atoms with van der Waals surface area (Å²) in [4.78, 5) is 13.1. The fraction of sp³-hybridized carbons (Fsp3) is 0.407. The molecule has 1 heterocycles. The highest BCUT2D eigenvalue weighted by atomic mass is 32.2. The van der Waals surface area contributed by atoms with Crippen LogP contribution < -0.4 is 15.8 Å². The minimum atomic E-state index is -4.02. The number of nitrogens with one attached hydrogen (secondary N) is 1. The Kier molecular flexibility index (Phi) is 8.31. The van der Waals surface area contributed by atoms with Gasteiger partial charge in [-0.1, -0.05) is 35.5 Å². The van der Waals surface area contributed by atoms with E-state index in [0.29, 0.717) is 17.1 Å². The first-order valence-corrected chi connectivity index (χ1v) is 13.8. The first kappa shape index (κ1) is 26.8. The van der Waals surface area contributed by atoms with Crippen molar-refractivity contribution < 1.29 is 22.5 Å². The Morgan fingerprint density at radius 1 is 1.11 bits per heavy atom. The van der Waals surface area contributed by atoms with Crippen LogP contribution in [-0.2, 0) is 21.4 Å². The maximum atomic E-state index is 13.8. The van der Waals surface area contributed by atoms with Gasteiger partial charge in [0.1, 0.15) is 11.5 Å². The Balaban J connectivity index is 1.60. The van der Waals surface area contributed by atoms with Crippen molar-refractivity contribution in [3.05, 3.63) is 65.5 Å².